The van der Waals surface area contributed by atoms with Gasteiger partial charge in [-0.2, -0.15) is 4.98 Å². The zero-order valence-electron chi connectivity index (χ0n) is 14.6. The molecule has 1 aromatic heterocycles. The van der Waals surface area contributed by atoms with Crippen LogP contribution in [-0.4, -0.2) is 38.9 Å². The lowest BCUT2D eigenvalue weighted by Crippen LogP contribution is -2.43. The first-order valence-corrected chi connectivity index (χ1v) is 8.58. The van der Waals surface area contributed by atoms with Crippen molar-refractivity contribution in [1.29, 1.82) is 0 Å². The quantitative estimate of drug-likeness (QED) is 0.549. The van der Waals surface area contributed by atoms with Gasteiger partial charge in [0.2, 0.25) is 17.8 Å². The fraction of sp³-hybridized carbons (Fsp3) is 0.105. The maximum atomic E-state index is 12.4. The van der Waals surface area contributed by atoms with Crippen LogP contribution in [0.3, 0.4) is 0 Å². The zero-order chi connectivity index (χ0) is 19.5. The molecule has 2 aromatic carbocycles. The van der Waals surface area contributed by atoms with Gasteiger partial charge in [0.05, 0.1) is 17.7 Å². The van der Waals surface area contributed by atoms with Crippen molar-refractivity contribution < 1.29 is 14.4 Å². The Balaban J connectivity index is 1.42. The van der Waals surface area contributed by atoms with Gasteiger partial charge in [-0.25, -0.2) is 0 Å². The fourth-order valence-electron chi connectivity index (χ4n) is 2.86. The lowest BCUT2D eigenvalue weighted by Gasteiger charge is -2.13. The number of hydrogen-bond donors (Lipinski definition) is 4. The Morgan fingerprint density at radius 1 is 1.04 bits per heavy atom. The molecule has 0 saturated heterocycles. The Hall–Kier alpha value is -4.01. The van der Waals surface area contributed by atoms with Crippen LogP contribution in [0.4, 0.5) is 11.6 Å². The summed E-state index contributed by atoms with van der Waals surface area (Å²) in [4.78, 5) is 41.2. The van der Waals surface area contributed by atoms with E-state index in [-0.39, 0.29) is 12.4 Å². The Morgan fingerprint density at radius 3 is 2.61 bits per heavy atom. The van der Waals surface area contributed by atoms with Gasteiger partial charge < -0.3 is 10.6 Å². The molecule has 0 aliphatic carbocycles. The molecule has 140 valence electrons. The SMILES string of the molecule is O=C(C[C@@H]1NC(=O)c2ccccc2NC1=O)Nc1n[nH]c(-c2ccccc2)n1. The molecule has 9 nitrogen and oxygen atoms in total. The largest absolute Gasteiger partial charge is 0.340 e. The summed E-state index contributed by atoms with van der Waals surface area (Å²) in [5.41, 5.74) is 1.58. The van der Waals surface area contributed by atoms with Gasteiger partial charge in [0.25, 0.3) is 5.91 Å². The van der Waals surface area contributed by atoms with Gasteiger partial charge in [0.1, 0.15) is 6.04 Å². The smallest absolute Gasteiger partial charge is 0.254 e. The second-order valence-corrected chi connectivity index (χ2v) is 6.19. The van der Waals surface area contributed by atoms with Gasteiger partial charge in [0, 0.05) is 5.56 Å². The van der Waals surface area contributed by atoms with Crippen LogP contribution >= 0.6 is 0 Å². The van der Waals surface area contributed by atoms with Crippen LogP contribution in [0, 0.1) is 0 Å². The second kappa shape index (κ2) is 7.31. The summed E-state index contributed by atoms with van der Waals surface area (Å²) in [5.74, 6) is -0.784. The molecule has 0 spiro atoms. The lowest BCUT2D eigenvalue weighted by molar-refractivity contribution is -0.122. The summed E-state index contributed by atoms with van der Waals surface area (Å²) in [7, 11) is 0. The first-order chi connectivity index (χ1) is 13.6. The molecule has 1 atom stereocenters. The monoisotopic (exact) mass is 376 g/mol. The van der Waals surface area contributed by atoms with Crippen molar-refractivity contribution in [2.45, 2.75) is 12.5 Å². The molecule has 2 heterocycles. The number of carbonyl (C=O) groups excluding carboxylic acids is 3. The molecule has 0 unspecified atom stereocenters. The molecule has 0 bridgehead atoms. The summed E-state index contributed by atoms with van der Waals surface area (Å²) >= 11 is 0. The zero-order valence-corrected chi connectivity index (χ0v) is 14.6. The molecular weight excluding hydrogens is 360 g/mol. The van der Waals surface area contributed by atoms with Gasteiger partial charge in [-0.05, 0) is 12.1 Å². The number of aromatic nitrogens is 3. The predicted molar refractivity (Wildman–Crippen MR) is 101 cm³/mol. The highest BCUT2D eigenvalue weighted by molar-refractivity contribution is 6.11. The number of aromatic amines is 1. The van der Waals surface area contributed by atoms with E-state index in [4.69, 9.17) is 0 Å². The highest BCUT2D eigenvalue weighted by Gasteiger charge is 2.29. The Morgan fingerprint density at radius 2 is 1.79 bits per heavy atom. The van der Waals surface area contributed by atoms with Crippen molar-refractivity contribution in [1.82, 2.24) is 20.5 Å². The highest BCUT2D eigenvalue weighted by Crippen LogP contribution is 2.19. The molecule has 4 rings (SSSR count). The third-order valence-electron chi connectivity index (χ3n) is 4.22. The standard InChI is InChI=1S/C19H16N6O3/c26-15(22-19-23-16(24-25-19)11-6-2-1-3-7-11)10-14-18(28)20-13-9-5-4-8-12(13)17(27)21-14/h1-9,14H,10H2,(H,20,28)(H,21,27)(H2,22,23,24,25,26)/t14-/m0/s1. The summed E-state index contributed by atoms with van der Waals surface area (Å²) < 4.78 is 0. The normalized spacial score (nSPS) is 15.8. The highest BCUT2D eigenvalue weighted by atomic mass is 16.2. The summed E-state index contributed by atoms with van der Waals surface area (Å²) in [5, 5.41) is 14.5. The van der Waals surface area contributed by atoms with E-state index in [1.54, 1.807) is 24.3 Å². The van der Waals surface area contributed by atoms with Crippen molar-refractivity contribution >= 4 is 29.4 Å². The number of para-hydroxylation sites is 1. The number of fused-ring (bicyclic) bond motifs is 1. The number of hydrogen-bond acceptors (Lipinski definition) is 5. The minimum atomic E-state index is -1.01. The summed E-state index contributed by atoms with van der Waals surface area (Å²) in [6, 6.07) is 15.0. The van der Waals surface area contributed by atoms with E-state index < -0.39 is 23.8 Å². The van der Waals surface area contributed by atoms with Crippen molar-refractivity contribution in [3.63, 3.8) is 0 Å². The first kappa shape index (κ1) is 17.4. The molecule has 1 aliphatic heterocycles. The van der Waals surface area contributed by atoms with Crippen LogP contribution in [0.5, 0.6) is 0 Å². The van der Waals surface area contributed by atoms with Crippen LogP contribution in [0.1, 0.15) is 16.8 Å². The number of anilines is 2. The fourth-order valence-corrected chi connectivity index (χ4v) is 2.86. The van der Waals surface area contributed by atoms with Crippen LogP contribution < -0.4 is 16.0 Å². The van der Waals surface area contributed by atoms with Crippen LogP contribution in [0.25, 0.3) is 11.4 Å². The predicted octanol–water partition coefficient (Wildman–Crippen LogP) is 1.55. The van der Waals surface area contributed by atoms with Crippen LogP contribution in [-0.2, 0) is 9.59 Å². The van der Waals surface area contributed by atoms with Gasteiger partial charge in [-0.3, -0.25) is 24.8 Å². The maximum Gasteiger partial charge on any atom is 0.254 e. The number of benzene rings is 2. The number of nitrogens with one attached hydrogen (secondary N) is 4. The Kier molecular flexibility index (Phi) is 4.55. The molecule has 4 N–H and O–H groups in total. The van der Waals surface area contributed by atoms with E-state index in [1.165, 1.54) is 0 Å². The second-order valence-electron chi connectivity index (χ2n) is 6.19. The average Bonchev–Trinajstić information content (AvgIpc) is 3.12. The minimum Gasteiger partial charge on any atom is -0.340 e. The number of nitrogens with zero attached hydrogens (tertiary/aromatic N) is 2. The van der Waals surface area contributed by atoms with E-state index in [9.17, 15) is 14.4 Å². The third kappa shape index (κ3) is 3.58. The van der Waals surface area contributed by atoms with Crippen LogP contribution in [0.2, 0.25) is 0 Å². The molecule has 0 fully saturated rings. The topological polar surface area (TPSA) is 129 Å². The number of carbonyl (C=O) groups is 3. The molecule has 3 amide bonds. The first-order valence-electron chi connectivity index (χ1n) is 8.58. The lowest BCUT2D eigenvalue weighted by atomic mass is 10.1. The van der Waals surface area contributed by atoms with Gasteiger partial charge >= 0.3 is 0 Å². The van der Waals surface area contributed by atoms with Gasteiger partial charge in [-0.1, -0.05) is 42.5 Å². The van der Waals surface area contributed by atoms with Crippen LogP contribution in [0.15, 0.2) is 54.6 Å². The number of rotatable bonds is 4. The van der Waals surface area contributed by atoms with Crippen molar-refractivity contribution in [3.05, 3.63) is 60.2 Å². The number of H-pyrrole nitrogens is 1. The van der Waals surface area contributed by atoms with Crippen molar-refractivity contribution in [2.24, 2.45) is 0 Å². The molecule has 28 heavy (non-hydrogen) atoms. The molecule has 1 aliphatic rings. The van der Waals surface area contributed by atoms with E-state index >= 15 is 0 Å². The maximum absolute atomic E-state index is 12.4. The van der Waals surface area contributed by atoms with E-state index in [1.807, 2.05) is 30.3 Å². The van der Waals surface area contributed by atoms with Gasteiger partial charge in [-0.15, -0.1) is 5.10 Å². The van der Waals surface area contributed by atoms with Crippen molar-refractivity contribution in [3.8, 4) is 11.4 Å². The average molecular weight is 376 g/mol. The molecular formula is C19H16N6O3. The minimum absolute atomic E-state index is 0.0903. The van der Waals surface area contributed by atoms with E-state index in [2.05, 4.69) is 31.1 Å². The summed E-state index contributed by atoms with van der Waals surface area (Å²) in [6.45, 7) is 0. The van der Waals surface area contributed by atoms with E-state index in [0.717, 1.165) is 5.56 Å². The molecule has 9 heteroatoms. The van der Waals surface area contributed by atoms with Gasteiger partial charge in [0.15, 0.2) is 5.82 Å². The third-order valence-corrected chi connectivity index (χ3v) is 4.22. The summed E-state index contributed by atoms with van der Waals surface area (Å²) in [6.07, 6.45) is -0.249. The number of amides is 3. The van der Waals surface area contributed by atoms with Crippen molar-refractivity contribution in [2.75, 3.05) is 10.6 Å². The Bertz CT molecular complexity index is 1050. The van der Waals surface area contributed by atoms with E-state index in [0.29, 0.717) is 17.1 Å². The molecule has 0 radical (unpaired) electrons. The molecule has 3 aromatic rings. The Labute approximate surface area is 159 Å². The molecule has 0 saturated carbocycles.